The number of carbonyl (C=O) groups is 1. The predicted molar refractivity (Wildman–Crippen MR) is 59.0 cm³/mol. The van der Waals surface area contributed by atoms with Gasteiger partial charge in [0.25, 0.3) is 5.78 Å². The number of ketones is 1. The van der Waals surface area contributed by atoms with Gasteiger partial charge in [-0.05, 0) is 46.1 Å². The van der Waals surface area contributed by atoms with E-state index in [1.165, 1.54) is 6.92 Å². The lowest BCUT2D eigenvalue weighted by atomic mass is 10.1. The van der Waals surface area contributed by atoms with Crippen LogP contribution >= 0.6 is 39.1 Å². The number of alkyl halides is 3. The number of aryl methyl sites for hydroxylation is 1. The molecule has 0 radical (unpaired) electrons. The number of halogens is 6. The van der Waals surface area contributed by atoms with Crippen molar-refractivity contribution < 1.29 is 18.0 Å². The molecular weight excluding hydrogens is 332 g/mol. The average molecular weight is 336 g/mol. The minimum Gasteiger partial charge on any atom is -0.286 e. The largest absolute Gasteiger partial charge is 0.385 e. The van der Waals surface area contributed by atoms with Gasteiger partial charge in [0.05, 0.1) is 15.1 Å². The van der Waals surface area contributed by atoms with E-state index in [9.17, 15) is 18.0 Å². The number of hydrogen-bond donors (Lipinski definition) is 0. The number of hydrogen-bond acceptors (Lipinski definition) is 1. The van der Waals surface area contributed by atoms with Crippen LogP contribution in [-0.2, 0) is 0 Å². The van der Waals surface area contributed by atoms with Gasteiger partial charge in [0.1, 0.15) is 5.82 Å². The lowest BCUT2D eigenvalue weighted by Gasteiger charge is -2.11. The van der Waals surface area contributed by atoms with Crippen molar-refractivity contribution in [1.82, 2.24) is 0 Å². The lowest BCUT2D eigenvalue weighted by molar-refractivity contribution is 0.0530. The summed E-state index contributed by atoms with van der Waals surface area (Å²) in [5, 5.41) is -4.17. The van der Waals surface area contributed by atoms with Crippen molar-refractivity contribution in [2.24, 2.45) is 0 Å². The Morgan fingerprint density at radius 1 is 1.50 bits per heavy atom. The molecule has 7 heteroatoms. The fourth-order valence-electron chi connectivity index (χ4n) is 1.06. The Hall–Kier alpha value is -0.260. The standard InChI is InChI=1S/C9H4BrCl2F3O/c1-3-2-4(13)5(6(10)7(3)11)8(16)9(12,14)15/h2H,1H3. The van der Waals surface area contributed by atoms with Gasteiger partial charge in [-0.15, -0.1) is 0 Å². The molecule has 0 bridgehead atoms. The monoisotopic (exact) mass is 334 g/mol. The van der Waals surface area contributed by atoms with E-state index in [0.717, 1.165) is 6.07 Å². The molecule has 16 heavy (non-hydrogen) atoms. The van der Waals surface area contributed by atoms with Crippen molar-refractivity contribution in [3.05, 3.63) is 32.5 Å². The number of carbonyl (C=O) groups excluding carboxylic acids is 1. The van der Waals surface area contributed by atoms with Crippen LogP contribution in [0.5, 0.6) is 0 Å². The highest BCUT2D eigenvalue weighted by molar-refractivity contribution is 9.10. The molecule has 0 amide bonds. The van der Waals surface area contributed by atoms with Gasteiger partial charge in [-0.3, -0.25) is 4.79 Å². The highest BCUT2D eigenvalue weighted by Crippen LogP contribution is 2.35. The van der Waals surface area contributed by atoms with Gasteiger partial charge in [-0.1, -0.05) is 11.6 Å². The van der Waals surface area contributed by atoms with E-state index in [4.69, 9.17) is 11.6 Å². The van der Waals surface area contributed by atoms with Crippen LogP contribution in [0.15, 0.2) is 10.5 Å². The summed E-state index contributed by atoms with van der Waals surface area (Å²) in [5.41, 5.74) is -0.531. The maximum atomic E-state index is 13.4. The average Bonchev–Trinajstić information content (AvgIpc) is 2.13. The van der Waals surface area contributed by atoms with Crippen molar-refractivity contribution >= 4 is 44.9 Å². The fraction of sp³-hybridized carbons (Fsp3) is 0.222. The topological polar surface area (TPSA) is 17.1 Å². The van der Waals surface area contributed by atoms with Gasteiger partial charge in [0.15, 0.2) is 0 Å². The molecule has 0 unspecified atom stereocenters. The van der Waals surface area contributed by atoms with Crippen LogP contribution in [0, 0.1) is 12.7 Å². The zero-order valence-electron chi connectivity index (χ0n) is 7.75. The van der Waals surface area contributed by atoms with E-state index in [2.05, 4.69) is 27.5 Å². The first-order valence-electron chi connectivity index (χ1n) is 3.92. The zero-order valence-corrected chi connectivity index (χ0v) is 10.9. The van der Waals surface area contributed by atoms with Crippen LogP contribution in [0.1, 0.15) is 15.9 Å². The molecule has 0 aliphatic rings. The van der Waals surface area contributed by atoms with Gasteiger partial charge in [-0.25, -0.2) is 4.39 Å². The first kappa shape index (κ1) is 13.8. The second-order valence-corrected chi connectivity index (χ2v) is 4.65. The molecule has 0 saturated carbocycles. The van der Waals surface area contributed by atoms with E-state index < -0.39 is 22.5 Å². The lowest BCUT2D eigenvalue weighted by Crippen LogP contribution is -2.23. The molecule has 0 saturated heterocycles. The summed E-state index contributed by atoms with van der Waals surface area (Å²) in [5.74, 6) is -2.93. The van der Waals surface area contributed by atoms with Crippen LogP contribution in [0.4, 0.5) is 13.2 Å². The molecule has 0 atom stereocenters. The summed E-state index contributed by atoms with van der Waals surface area (Å²) in [6.45, 7) is 1.48. The molecule has 1 aromatic rings. The minimum atomic E-state index is -4.16. The number of benzene rings is 1. The first-order valence-corrected chi connectivity index (χ1v) is 5.46. The molecule has 88 valence electrons. The third kappa shape index (κ3) is 2.52. The summed E-state index contributed by atoms with van der Waals surface area (Å²) in [4.78, 5) is 11.2. The Morgan fingerprint density at radius 3 is 2.44 bits per heavy atom. The Balaban J connectivity index is 3.47. The Labute approximate surface area is 108 Å². The molecular formula is C9H4BrCl2F3O. The Morgan fingerprint density at radius 2 is 2.00 bits per heavy atom. The molecule has 1 rings (SSSR count). The molecule has 0 spiro atoms. The minimum absolute atomic E-state index is 0.00864. The Kier molecular flexibility index (Phi) is 3.92. The van der Waals surface area contributed by atoms with Crippen molar-refractivity contribution in [3.8, 4) is 0 Å². The second kappa shape index (κ2) is 4.55. The van der Waals surface area contributed by atoms with Crippen LogP contribution in [0.2, 0.25) is 5.02 Å². The molecule has 0 aromatic heterocycles. The maximum absolute atomic E-state index is 13.4. The van der Waals surface area contributed by atoms with E-state index in [1.54, 1.807) is 0 Å². The summed E-state index contributed by atoms with van der Waals surface area (Å²) in [6, 6.07) is 0.892. The van der Waals surface area contributed by atoms with Crippen molar-refractivity contribution in [2.45, 2.75) is 12.3 Å². The predicted octanol–water partition coefficient (Wildman–Crippen LogP) is 4.56. The third-order valence-electron chi connectivity index (χ3n) is 1.82. The highest BCUT2D eigenvalue weighted by atomic mass is 79.9. The molecule has 0 heterocycles. The smallest absolute Gasteiger partial charge is 0.286 e. The molecule has 1 aromatic carbocycles. The zero-order chi connectivity index (χ0) is 12.7. The van der Waals surface area contributed by atoms with Crippen LogP contribution in [0.3, 0.4) is 0 Å². The van der Waals surface area contributed by atoms with Gasteiger partial charge < -0.3 is 0 Å². The molecule has 1 nitrogen and oxygen atoms in total. The number of rotatable bonds is 2. The second-order valence-electron chi connectivity index (χ2n) is 3.01. The molecule has 0 N–H and O–H groups in total. The first-order chi connectivity index (χ1) is 7.16. The SMILES string of the molecule is Cc1cc(F)c(C(=O)C(F)(F)Cl)c(Br)c1Cl. The molecule has 0 fully saturated rings. The van der Waals surface area contributed by atoms with Gasteiger partial charge in [0.2, 0.25) is 0 Å². The van der Waals surface area contributed by atoms with Crippen LogP contribution in [0.25, 0.3) is 0 Å². The van der Waals surface area contributed by atoms with E-state index >= 15 is 0 Å². The molecule has 0 aliphatic heterocycles. The van der Waals surface area contributed by atoms with E-state index in [0.29, 0.717) is 5.56 Å². The van der Waals surface area contributed by atoms with E-state index in [-0.39, 0.29) is 9.50 Å². The van der Waals surface area contributed by atoms with E-state index in [1.807, 2.05) is 0 Å². The van der Waals surface area contributed by atoms with Crippen molar-refractivity contribution in [2.75, 3.05) is 0 Å². The van der Waals surface area contributed by atoms with Gasteiger partial charge in [0, 0.05) is 0 Å². The summed E-state index contributed by atoms with van der Waals surface area (Å²) in [7, 11) is 0. The van der Waals surface area contributed by atoms with Gasteiger partial charge >= 0.3 is 5.38 Å². The third-order valence-corrected chi connectivity index (χ3v) is 3.50. The normalized spacial score (nSPS) is 11.7. The van der Waals surface area contributed by atoms with Crippen molar-refractivity contribution in [1.29, 1.82) is 0 Å². The molecule has 0 aliphatic carbocycles. The quantitative estimate of drug-likeness (QED) is 0.440. The highest BCUT2D eigenvalue weighted by Gasteiger charge is 2.40. The van der Waals surface area contributed by atoms with Crippen LogP contribution < -0.4 is 0 Å². The maximum Gasteiger partial charge on any atom is 0.385 e. The van der Waals surface area contributed by atoms with Crippen LogP contribution in [-0.4, -0.2) is 11.2 Å². The summed E-state index contributed by atoms with van der Waals surface area (Å²) in [6.07, 6.45) is 0. The number of Topliss-reactive ketones (excluding diaryl/α,β-unsaturated/α-hetero) is 1. The van der Waals surface area contributed by atoms with Gasteiger partial charge in [-0.2, -0.15) is 8.78 Å². The summed E-state index contributed by atoms with van der Waals surface area (Å²) >= 11 is 13.0. The fourth-order valence-corrected chi connectivity index (χ4v) is 1.99. The van der Waals surface area contributed by atoms with Crippen molar-refractivity contribution in [3.63, 3.8) is 0 Å². The Bertz CT molecular complexity index is 457. The summed E-state index contributed by atoms with van der Waals surface area (Å²) < 4.78 is 38.3.